The molecule has 0 N–H and O–H groups in total. The Hall–Kier alpha value is 1.69. The zero-order valence-electron chi connectivity index (χ0n) is 7.36. The number of alkyl halides is 4. The van der Waals surface area contributed by atoms with Gasteiger partial charge in [0.1, 0.15) is 5.75 Å². The summed E-state index contributed by atoms with van der Waals surface area (Å²) < 4.78 is 5.38. The van der Waals surface area contributed by atoms with E-state index in [1.54, 1.807) is 7.11 Å². The Morgan fingerprint density at radius 1 is 1.36 bits per heavy atom. The van der Waals surface area contributed by atoms with E-state index in [4.69, 9.17) is 4.74 Å². The molecule has 0 aliphatic rings. The van der Waals surface area contributed by atoms with Crippen molar-refractivity contribution in [3.63, 3.8) is 0 Å². The molecule has 0 saturated carbocycles. The van der Waals surface area contributed by atoms with Crippen molar-refractivity contribution in [2.45, 2.75) is 4.77 Å². The summed E-state index contributed by atoms with van der Waals surface area (Å²) in [6.45, 7) is 0. The zero-order chi connectivity index (χ0) is 10.8. The molecule has 0 aliphatic carbocycles. The Balaban J connectivity index is 3.22. The first-order chi connectivity index (χ1) is 6.49. The van der Waals surface area contributed by atoms with E-state index in [2.05, 4.69) is 95.8 Å². The Morgan fingerprint density at radius 3 is 2.43 bits per heavy atom. The number of hydrogen-bond acceptors (Lipinski definition) is 1. The Morgan fingerprint density at radius 2 is 2.00 bits per heavy atom. The van der Waals surface area contributed by atoms with Gasteiger partial charge in [0.15, 0.2) is -0.565 Å². The van der Waals surface area contributed by atoms with E-state index in [0.717, 1.165) is 11.1 Å². The zero-order valence-corrected chi connectivity index (χ0v) is 15.4. The molecule has 0 heterocycles. The predicted molar refractivity (Wildman–Crippen MR) is 89.4 cm³/mol. The lowest BCUT2D eigenvalue weighted by Crippen LogP contribution is -2.01. The standard InChI is InChI=1S/C9H8BrI3O/c1-14-8-3-2-6(5-10)4-7(8)9(11,12)13/h2-4H,5H2,1H3. The van der Waals surface area contributed by atoms with Crippen molar-refractivity contribution in [1.82, 2.24) is 0 Å². The highest BCUT2D eigenvalue weighted by Gasteiger charge is 2.24. The maximum absolute atomic E-state index is 5.34. The second kappa shape index (κ2) is 5.85. The molecule has 0 aliphatic heterocycles. The van der Waals surface area contributed by atoms with Gasteiger partial charge in [-0.3, -0.25) is 0 Å². The van der Waals surface area contributed by atoms with Crippen molar-refractivity contribution >= 4 is 83.7 Å². The molecular formula is C9H8BrI3O. The van der Waals surface area contributed by atoms with Crippen LogP contribution in [0.5, 0.6) is 5.75 Å². The molecule has 5 heteroatoms. The van der Waals surface area contributed by atoms with Crippen LogP contribution in [-0.4, -0.2) is 7.11 Å². The van der Waals surface area contributed by atoms with Gasteiger partial charge in [-0.2, -0.15) is 0 Å². The minimum atomic E-state index is 0.0385. The lowest BCUT2D eigenvalue weighted by Gasteiger charge is -2.17. The summed E-state index contributed by atoms with van der Waals surface area (Å²) in [6.07, 6.45) is 0. The number of ether oxygens (including phenoxy) is 1. The third-order valence-corrected chi connectivity index (χ3v) is 4.11. The summed E-state index contributed by atoms with van der Waals surface area (Å²) in [5.74, 6) is 0.952. The quantitative estimate of drug-likeness (QED) is 0.355. The molecule has 1 aromatic rings. The molecule has 0 spiro atoms. The number of hydrogen-bond donors (Lipinski definition) is 0. The smallest absolute Gasteiger partial charge is 0.152 e. The molecule has 0 fully saturated rings. The van der Waals surface area contributed by atoms with Crippen molar-refractivity contribution in [2.75, 3.05) is 7.11 Å². The van der Waals surface area contributed by atoms with E-state index in [9.17, 15) is 0 Å². The van der Waals surface area contributed by atoms with Gasteiger partial charge < -0.3 is 4.74 Å². The lowest BCUT2D eigenvalue weighted by molar-refractivity contribution is 0.411. The normalized spacial score (nSPS) is 11.5. The van der Waals surface area contributed by atoms with E-state index < -0.39 is 0 Å². The first kappa shape index (κ1) is 13.8. The van der Waals surface area contributed by atoms with Gasteiger partial charge in [0.05, 0.1) is 7.11 Å². The lowest BCUT2D eigenvalue weighted by atomic mass is 10.1. The molecule has 0 saturated heterocycles. The van der Waals surface area contributed by atoms with Crippen LogP contribution in [0.3, 0.4) is 0 Å². The monoisotopic (exact) mass is 592 g/mol. The van der Waals surface area contributed by atoms with E-state index in [0.29, 0.717) is 0 Å². The number of rotatable bonds is 3. The highest BCUT2D eigenvalue weighted by molar-refractivity contribution is 14.3. The van der Waals surface area contributed by atoms with Gasteiger partial charge in [-0.1, -0.05) is 22.0 Å². The molecule has 1 nitrogen and oxygen atoms in total. The van der Waals surface area contributed by atoms with Crippen LogP contribution in [0.25, 0.3) is 0 Å². The third kappa shape index (κ3) is 3.62. The summed E-state index contributed by atoms with van der Waals surface area (Å²) in [5.41, 5.74) is 2.49. The first-order valence-electron chi connectivity index (χ1n) is 3.79. The van der Waals surface area contributed by atoms with Crippen LogP contribution in [0.15, 0.2) is 18.2 Å². The van der Waals surface area contributed by atoms with Gasteiger partial charge in [0.25, 0.3) is 0 Å². The fourth-order valence-electron chi connectivity index (χ4n) is 1.06. The molecule has 78 valence electrons. The maximum atomic E-state index is 5.34. The van der Waals surface area contributed by atoms with Gasteiger partial charge >= 0.3 is 0 Å². The minimum absolute atomic E-state index is 0.0385. The van der Waals surface area contributed by atoms with Gasteiger partial charge in [-0.05, 0) is 85.5 Å². The van der Waals surface area contributed by atoms with Crippen molar-refractivity contribution in [3.8, 4) is 5.75 Å². The fourth-order valence-corrected chi connectivity index (χ4v) is 2.67. The van der Waals surface area contributed by atoms with Crippen LogP contribution in [0.2, 0.25) is 0 Å². The highest BCUT2D eigenvalue weighted by Crippen LogP contribution is 2.49. The highest BCUT2D eigenvalue weighted by atomic mass is 127. The summed E-state index contributed by atoms with van der Waals surface area (Å²) in [7, 11) is 1.71. The molecule has 0 bridgehead atoms. The van der Waals surface area contributed by atoms with E-state index >= 15 is 0 Å². The number of halogens is 4. The van der Waals surface area contributed by atoms with Crippen molar-refractivity contribution in [1.29, 1.82) is 0 Å². The average Bonchev–Trinajstić information content (AvgIpc) is 2.15. The molecule has 0 aromatic heterocycles. The first-order valence-corrected chi connectivity index (χ1v) is 8.15. The third-order valence-electron chi connectivity index (χ3n) is 1.72. The van der Waals surface area contributed by atoms with Crippen molar-refractivity contribution in [2.24, 2.45) is 0 Å². The Kier molecular flexibility index (Phi) is 5.75. The van der Waals surface area contributed by atoms with Gasteiger partial charge in [-0.25, -0.2) is 0 Å². The topological polar surface area (TPSA) is 9.23 Å². The van der Waals surface area contributed by atoms with Crippen LogP contribution in [0.4, 0.5) is 0 Å². The second-order valence-electron chi connectivity index (χ2n) is 2.67. The summed E-state index contributed by atoms with van der Waals surface area (Å²) in [5, 5.41) is 0.879. The summed E-state index contributed by atoms with van der Waals surface area (Å²) in [4.78, 5) is 0. The molecule has 0 unspecified atom stereocenters. The maximum Gasteiger partial charge on any atom is 0.152 e. The largest absolute Gasteiger partial charge is 0.496 e. The van der Waals surface area contributed by atoms with Crippen molar-refractivity contribution in [3.05, 3.63) is 29.3 Å². The Labute approximate surface area is 133 Å². The number of methoxy groups -OCH3 is 1. The molecule has 1 aromatic carbocycles. The van der Waals surface area contributed by atoms with E-state index in [1.807, 2.05) is 6.07 Å². The van der Waals surface area contributed by atoms with Crippen molar-refractivity contribution < 1.29 is 4.74 Å². The van der Waals surface area contributed by atoms with Crippen LogP contribution in [0.1, 0.15) is 11.1 Å². The summed E-state index contributed by atoms with van der Waals surface area (Å²) in [6, 6.07) is 6.28. The van der Waals surface area contributed by atoms with E-state index in [-0.39, 0.29) is -0.565 Å². The van der Waals surface area contributed by atoms with Crippen LogP contribution >= 0.6 is 83.7 Å². The van der Waals surface area contributed by atoms with Crippen LogP contribution in [-0.2, 0) is 4.77 Å². The number of benzene rings is 1. The van der Waals surface area contributed by atoms with Gasteiger partial charge in [0.2, 0.25) is 0 Å². The molecule has 1 rings (SSSR count). The molecule has 14 heavy (non-hydrogen) atoms. The second-order valence-corrected chi connectivity index (χ2v) is 14.3. The SMILES string of the molecule is COc1ccc(CBr)cc1C(I)(I)I. The average molecular weight is 593 g/mol. The van der Waals surface area contributed by atoms with Gasteiger partial charge in [0, 0.05) is 10.9 Å². The fraction of sp³-hybridized carbons (Fsp3) is 0.333. The van der Waals surface area contributed by atoms with Crippen LogP contribution < -0.4 is 4.74 Å². The minimum Gasteiger partial charge on any atom is -0.496 e. The molecular weight excluding hydrogens is 585 g/mol. The van der Waals surface area contributed by atoms with Crippen LogP contribution in [0, 0.1) is 0 Å². The summed E-state index contributed by atoms with van der Waals surface area (Å²) >= 11 is 10.7. The Bertz CT molecular complexity index is 322. The molecule has 0 radical (unpaired) electrons. The molecule has 0 atom stereocenters. The van der Waals surface area contributed by atoms with E-state index in [1.165, 1.54) is 11.1 Å². The molecule has 0 amide bonds. The predicted octanol–water partition coefficient (Wildman–Crippen LogP) is 5.01. The van der Waals surface area contributed by atoms with Gasteiger partial charge in [-0.15, -0.1) is 0 Å².